The Morgan fingerprint density at radius 2 is 2.00 bits per heavy atom. The summed E-state index contributed by atoms with van der Waals surface area (Å²) in [5, 5.41) is 9.00. The molecule has 0 aliphatic rings. The third-order valence-corrected chi connectivity index (χ3v) is 3.05. The van der Waals surface area contributed by atoms with Crippen LogP contribution in [0.25, 0.3) is 0 Å². The first-order chi connectivity index (χ1) is 10.1. The van der Waals surface area contributed by atoms with Crippen molar-refractivity contribution in [3.63, 3.8) is 0 Å². The van der Waals surface area contributed by atoms with Crippen molar-refractivity contribution in [2.24, 2.45) is 0 Å². The minimum atomic E-state index is -0.294. The zero-order valence-electron chi connectivity index (χ0n) is 12.0. The summed E-state index contributed by atoms with van der Waals surface area (Å²) in [5.41, 5.74) is 2.16. The van der Waals surface area contributed by atoms with E-state index in [2.05, 4.69) is 15.8 Å². The van der Waals surface area contributed by atoms with Crippen LogP contribution in [0.1, 0.15) is 28.1 Å². The topological polar surface area (TPSA) is 84.2 Å². The van der Waals surface area contributed by atoms with Crippen molar-refractivity contribution >= 4 is 17.5 Å². The van der Waals surface area contributed by atoms with Gasteiger partial charge in [0.1, 0.15) is 11.3 Å². The van der Waals surface area contributed by atoms with Crippen molar-refractivity contribution in [2.75, 3.05) is 11.9 Å². The highest BCUT2D eigenvalue weighted by Crippen LogP contribution is 2.13. The van der Waals surface area contributed by atoms with Crippen LogP contribution in [-0.2, 0) is 4.79 Å². The van der Waals surface area contributed by atoms with Gasteiger partial charge in [0.05, 0.1) is 6.20 Å². The van der Waals surface area contributed by atoms with Gasteiger partial charge in [0, 0.05) is 18.7 Å². The van der Waals surface area contributed by atoms with E-state index in [0.29, 0.717) is 11.3 Å². The number of nitrogens with zero attached hydrogens (tertiary/aromatic N) is 1. The monoisotopic (exact) mass is 287 g/mol. The fraction of sp³-hybridized carbons (Fsp3) is 0.267. The van der Waals surface area contributed by atoms with Crippen LogP contribution in [0.15, 0.2) is 35.0 Å². The van der Waals surface area contributed by atoms with Gasteiger partial charge in [-0.25, -0.2) is 0 Å². The normalized spacial score (nSPS) is 10.2. The van der Waals surface area contributed by atoms with Crippen molar-refractivity contribution in [3.8, 4) is 0 Å². The molecule has 6 nitrogen and oxygen atoms in total. The van der Waals surface area contributed by atoms with E-state index in [1.165, 1.54) is 6.20 Å². The van der Waals surface area contributed by atoms with Crippen LogP contribution in [-0.4, -0.2) is 23.5 Å². The predicted molar refractivity (Wildman–Crippen MR) is 78.0 cm³/mol. The first kappa shape index (κ1) is 14.8. The minimum absolute atomic E-state index is 0.147. The molecule has 2 aromatic rings. The predicted octanol–water partition coefficient (Wildman–Crippen LogP) is 2.05. The fourth-order valence-corrected chi connectivity index (χ4v) is 1.83. The molecule has 2 amide bonds. The molecule has 6 heteroatoms. The van der Waals surface area contributed by atoms with Gasteiger partial charge in [-0.2, -0.15) is 0 Å². The number of anilines is 1. The lowest BCUT2D eigenvalue weighted by Crippen LogP contribution is -2.27. The lowest BCUT2D eigenvalue weighted by atomic mass is 10.2. The Bertz CT molecular complexity index is 649. The summed E-state index contributed by atoms with van der Waals surface area (Å²) in [5.74, 6) is 0.0148. The second kappa shape index (κ2) is 6.69. The molecule has 110 valence electrons. The largest absolute Gasteiger partial charge is 0.361 e. The van der Waals surface area contributed by atoms with Crippen molar-refractivity contribution in [1.29, 1.82) is 0 Å². The van der Waals surface area contributed by atoms with Crippen molar-refractivity contribution in [1.82, 2.24) is 10.5 Å². The van der Waals surface area contributed by atoms with E-state index in [-0.39, 0.29) is 24.8 Å². The van der Waals surface area contributed by atoms with Crippen LogP contribution in [0, 0.1) is 13.8 Å². The summed E-state index contributed by atoms with van der Waals surface area (Å²) >= 11 is 0. The summed E-state index contributed by atoms with van der Waals surface area (Å²) in [6.07, 6.45) is 1.56. The van der Waals surface area contributed by atoms with Gasteiger partial charge in [-0.15, -0.1) is 0 Å². The number of benzene rings is 1. The Balaban J connectivity index is 1.79. The smallest absolute Gasteiger partial charge is 0.256 e. The van der Waals surface area contributed by atoms with Gasteiger partial charge in [-0.05, 0) is 25.5 Å². The molecule has 0 bridgehead atoms. The molecule has 0 spiro atoms. The van der Waals surface area contributed by atoms with Crippen LogP contribution >= 0.6 is 0 Å². The molecule has 0 saturated carbocycles. The number of hydrogen-bond acceptors (Lipinski definition) is 4. The van der Waals surface area contributed by atoms with E-state index in [4.69, 9.17) is 4.52 Å². The number of rotatable bonds is 5. The van der Waals surface area contributed by atoms with Gasteiger partial charge in [-0.3, -0.25) is 9.59 Å². The number of nitrogens with one attached hydrogen (secondary N) is 2. The Morgan fingerprint density at radius 3 is 2.67 bits per heavy atom. The number of carbonyl (C=O) groups excluding carboxylic acids is 2. The molecule has 0 aliphatic carbocycles. The Kier molecular flexibility index (Phi) is 4.71. The van der Waals surface area contributed by atoms with Crippen LogP contribution in [0.4, 0.5) is 5.69 Å². The molecule has 2 rings (SSSR count). The molecule has 0 fully saturated rings. The Hall–Kier alpha value is -2.63. The molecule has 0 radical (unpaired) electrons. The first-order valence-electron chi connectivity index (χ1n) is 6.63. The van der Waals surface area contributed by atoms with E-state index in [9.17, 15) is 9.59 Å². The lowest BCUT2D eigenvalue weighted by molar-refractivity contribution is -0.116. The molecule has 1 aromatic carbocycles. The van der Waals surface area contributed by atoms with E-state index in [0.717, 1.165) is 11.3 Å². The second-order valence-corrected chi connectivity index (χ2v) is 4.66. The fourth-order valence-electron chi connectivity index (χ4n) is 1.83. The molecular weight excluding hydrogens is 270 g/mol. The number of amides is 2. The molecule has 1 heterocycles. The number of para-hydroxylation sites is 1. The van der Waals surface area contributed by atoms with E-state index >= 15 is 0 Å². The molecule has 1 aromatic heterocycles. The average Bonchev–Trinajstić information content (AvgIpc) is 2.87. The summed E-state index contributed by atoms with van der Waals surface area (Å²) in [6.45, 7) is 3.83. The molecule has 21 heavy (non-hydrogen) atoms. The molecule has 0 saturated heterocycles. The van der Waals surface area contributed by atoms with Crippen LogP contribution in [0.2, 0.25) is 0 Å². The maximum Gasteiger partial charge on any atom is 0.256 e. The van der Waals surface area contributed by atoms with Gasteiger partial charge >= 0.3 is 0 Å². The molecule has 2 N–H and O–H groups in total. The average molecular weight is 287 g/mol. The van der Waals surface area contributed by atoms with Gasteiger partial charge < -0.3 is 15.2 Å². The van der Waals surface area contributed by atoms with Crippen LogP contribution < -0.4 is 10.6 Å². The number of aromatic nitrogens is 1. The number of aryl methyl sites for hydroxylation is 2. The number of hydrogen-bond donors (Lipinski definition) is 2. The molecule has 0 aliphatic heterocycles. The third-order valence-electron chi connectivity index (χ3n) is 3.05. The minimum Gasteiger partial charge on any atom is -0.361 e. The SMILES string of the molecule is Cc1ccccc1NC(=O)CCNC(=O)c1cnoc1C. The van der Waals surface area contributed by atoms with E-state index in [1.807, 2.05) is 31.2 Å². The van der Waals surface area contributed by atoms with Crippen molar-refractivity contribution in [3.05, 3.63) is 47.3 Å². The highest BCUT2D eigenvalue weighted by Gasteiger charge is 2.12. The van der Waals surface area contributed by atoms with E-state index < -0.39 is 0 Å². The standard InChI is InChI=1S/C15H17N3O3/c1-10-5-3-4-6-13(10)18-14(19)7-8-16-15(20)12-9-17-21-11(12)2/h3-6,9H,7-8H2,1-2H3,(H,16,20)(H,18,19). The van der Waals surface area contributed by atoms with Crippen molar-refractivity contribution in [2.45, 2.75) is 20.3 Å². The summed E-state index contributed by atoms with van der Waals surface area (Å²) in [4.78, 5) is 23.6. The van der Waals surface area contributed by atoms with Crippen LogP contribution in [0.3, 0.4) is 0 Å². The quantitative estimate of drug-likeness (QED) is 0.881. The lowest BCUT2D eigenvalue weighted by Gasteiger charge is -2.08. The maximum atomic E-state index is 11.8. The summed E-state index contributed by atoms with van der Waals surface area (Å²) in [6, 6.07) is 7.53. The van der Waals surface area contributed by atoms with Gasteiger partial charge in [0.15, 0.2) is 0 Å². The molecular formula is C15H17N3O3. The second-order valence-electron chi connectivity index (χ2n) is 4.66. The van der Waals surface area contributed by atoms with Crippen molar-refractivity contribution < 1.29 is 14.1 Å². The third kappa shape index (κ3) is 3.92. The van der Waals surface area contributed by atoms with Gasteiger partial charge in [0.25, 0.3) is 5.91 Å². The maximum absolute atomic E-state index is 11.8. The van der Waals surface area contributed by atoms with Crippen LogP contribution in [0.5, 0.6) is 0 Å². The summed E-state index contributed by atoms with van der Waals surface area (Å²) < 4.78 is 4.82. The Labute approximate surface area is 122 Å². The molecule has 0 atom stereocenters. The van der Waals surface area contributed by atoms with E-state index in [1.54, 1.807) is 6.92 Å². The number of carbonyl (C=O) groups is 2. The zero-order valence-corrected chi connectivity index (χ0v) is 12.0. The molecule has 0 unspecified atom stereocenters. The highest BCUT2D eigenvalue weighted by atomic mass is 16.5. The highest BCUT2D eigenvalue weighted by molar-refractivity contribution is 5.95. The summed E-state index contributed by atoms with van der Waals surface area (Å²) in [7, 11) is 0. The zero-order chi connectivity index (χ0) is 15.2. The first-order valence-corrected chi connectivity index (χ1v) is 6.63. The van der Waals surface area contributed by atoms with Gasteiger partial charge in [-0.1, -0.05) is 23.4 Å². The van der Waals surface area contributed by atoms with Gasteiger partial charge in [0.2, 0.25) is 5.91 Å². The Morgan fingerprint density at radius 1 is 1.24 bits per heavy atom.